The fraction of sp³-hybridized carbons (Fsp3) is 0.244. The Balaban J connectivity index is 0.968. The molecule has 0 amide bonds. The van der Waals surface area contributed by atoms with Crippen molar-refractivity contribution in [3.63, 3.8) is 0 Å². The summed E-state index contributed by atoms with van der Waals surface area (Å²) >= 11 is 0. The van der Waals surface area contributed by atoms with Crippen LogP contribution in [0.1, 0.15) is 37.7 Å². The molecule has 3 saturated carbocycles. The van der Waals surface area contributed by atoms with Gasteiger partial charge in [-0.25, -0.2) is 0 Å². The summed E-state index contributed by atoms with van der Waals surface area (Å²) < 4.78 is 0. The predicted molar refractivity (Wildman–Crippen MR) is 196 cm³/mol. The average Bonchev–Trinajstić information content (AvgIpc) is 4.07. The zero-order valence-corrected chi connectivity index (χ0v) is 27.1. The van der Waals surface area contributed by atoms with Crippen LogP contribution in [0.5, 0.6) is 0 Å². The highest BCUT2D eigenvalue weighted by Gasteiger charge is 2.67. The predicted octanol–water partition coefficient (Wildman–Crippen LogP) is 10.2. The van der Waals surface area contributed by atoms with Gasteiger partial charge in [-0.05, 0) is 104 Å². The molecule has 11 rings (SSSR count). The van der Waals surface area contributed by atoms with E-state index in [1.165, 1.54) is 63.8 Å². The molecule has 48 heavy (non-hydrogen) atoms. The molecule has 1 spiro atoms. The standard InChI is InChI=1S/C45H39N3/c1-4-12-35(13-5-1)46(36-14-6-2-7-15-36)40-27-34-30-45(34)42(28-40)41-18-10-11-19-43(41)48(45)39-22-23-44(29-33(44)26-39)47(37-16-8-3-9-17-37)38-21-20-31-24-32(31)25-38/h1-8,10-16,18-23,25-28,31-34H,9,17,24,29-30H2. The third-order valence-corrected chi connectivity index (χ3v) is 12.2. The van der Waals surface area contributed by atoms with Gasteiger partial charge in [0.1, 0.15) is 0 Å². The summed E-state index contributed by atoms with van der Waals surface area (Å²) in [5.41, 5.74) is 12.2. The summed E-state index contributed by atoms with van der Waals surface area (Å²) in [6, 6.07) is 30.8. The lowest BCUT2D eigenvalue weighted by atomic mass is 9.92. The van der Waals surface area contributed by atoms with Crippen molar-refractivity contribution in [3.8, 4) is 0 Å². The fourth-order valence-electron chi connectivity index (χ4n) is 9.62. The van der Waals surface area contributed by atoms with E-state index in [9.17, 15) is 0 Å². The normalized spacial score (nSPS) is 32.2. The second-order valence-electron chi connectivity index (χ2n) is 14.9. The average molecular weight is 622 g/mol. The molecule has 3 aromatic carbocycles. The molecule has 3 aromatic rings. The molecule has 1 aliphatic heterocycles. The van der Waals surface area contributed by atoms with Gasteiger partial charge in [0, 0.05) is 57.2 Å². The van der Waals surface area contributed by atoms with E-state index < -0.39 is 0 Å². The number of benzene rings is 3. The van der Waals surface area contributed by atoms with Gasteiger partial charge in [0.2, 0.25) is 0 Å². The number of fused-ring (bicyclic) bond motifs is 4. The zero-order chi connectivity index (χ0) is 31.5. The van der Waals surface area contributed by atoms with Crippen LogP contribution in [0.4, 0.5) is 17.1 Å². The molecule has 0 saturated heterocycles. The maximum Gasteiger partial charge on any atom is 0.0780 e. The molecule has 0 radical (unpaired) electrons. The number of rotatable bonds is 7. The van der Waals surface area contributed by atoms with Crippen molar-refractivity contribution in [3.05, 3.63) is 180 Å². The van der Waals surface area contributed by atoms with E-state index in [-0.39, 0.29) is 11.1 Å². The molecule has 1 heterocycles. The number of hydrogen-bond acceptors (Lipinski definition) is 3. The second kappa shape index (κ2) is 9.76. The Morgan fingerprint density at radius 1 is 0.729 bits per heavy atom. The van der Waals surface area contributed by atoms with E-state index in [0.717, 1.165) is 31.1 Å². The van der Waals surface area contributed by atoms with Gasteiger partial charge in [-0.2, -0.15) is 0 Å². The summed E-state index contributed by atoms with van der Waals surface area (Å²) in [4.78, 5) is 7.89. The first-order valence-electron chi connectivity index (χ1n) is 17.9. The molecule has 6 atom stereocenters. The van der Waals surface area contributed by atoms with Gasteiger partial charge in [0.05, 0.1) is 11.1 Å². The number of nitrogens with zero attached hydrogens (tertiary/aromatic N) is 3. The smallest absolute Gasteiger partial charge is 0.0780 e. The van der Waals surface area contributed by atoms with E-state index in [1.54, 1.807) is 0 Å². The molecular weight excluding hydrogens is 583 g/mol. The van der Waals surface area contributed by atoms with E-state index in [2.05, 4.69) is 166 Å². The molecule has 6 unspecified atom stereocenters. The minimum absolute atomic E-state index is 0.0106. The Morgan fingerprint density at radius 2 is 1.52 bits per heavy atom. The van der Waals surface area contributed by atoms with Crippen LogP contribution >= 0.6 is 0 Å². The van der Waals surface area contributed by atoms with Crippen LogP contribution in [0, 0.1) is 23.7 Å². The SMILES string of the molecule is C1=CCCC(N(C2=CC3CC3C=C2)C23C=CC(N4c5ccccc5C5=CC(N(c6ccccc6)c6ccccc6)=CC6CC564)=CC2C3)=C1. The van der Waals surface area contributed by atoms with Crippen molar-refractivity contribution in [2.45, 2.75) is 43.2 Å². The number of hydrogen-bond donors (Lipinski definition) is 0. The Bertz CT molecular complexity index is 2070. The second-order valence-corrected chi connectivity index (χ2v) is 14.9. The minimum Gasteiger partial charge on any atom is -0.335 e. The maximum absolute atomic E-state index is 2.73. The zero-order valence-electron chi connectivity index (χ0n) is 27.1. The molecule has 3 nitrogen and oxygen atoms in total. The van der Waals surface area contributed by atoms with Crippen LogP contribution in [0.25, 0.3) is 5.57 Å². The molecule has 0 N–H and O–H groups in total. The lowest BCUT2D eigenvalue weighted by Gasteiger charge is -2.39. The Labute approximate surface area is 283 Å². The lowest BCUT2D eigenvalue weighted by Crippen LogP contribution is -2.40. The first-order valence-corrected chi connectivity index (χ1v) is 17.9. The number of para-hydroxylation sites is 3. The van der Waals surface area contributed by atoms with Crippen molar-refractivity contribution < 1.29 is 0 Å². The lowest BCUT2D eigenvalue weighted by molar-refractivity contribution is 0.324. The van der Waals surface area contributed by atoms with Crippen LogP contribution in [0.3, 0.4) is 0 Å². The summed E-state index contributed by atoms with van der Waals surface area (Å²) in [6.45, 7) is 0. The minimum atomic E-state index is -0.0106. The van der Waals surface area contributed by atoms with Gasteiger partial charge < -0.3 is 14.7 Å². The van der Waals surface area contributed by atoms with E-state index >= 15 is 0 Å². The van der Waals surface area contributed by atoms with E-state index in [1.807, 2.05) is 0 Å². The maximum atomic E-state index is 2.73. The summed E-state index contributed by atoms with van der Waals surface area (Å²) in [5.74, 6) is 2.47. The van der Waals surface area contributed by atoms with Gasteiger partial charge >= 0.3 is 0 Å². The van der Waals surface area contributed by atoms with Crippen LogP contribution < -0.4 is 9.80 Å². The van der Waals surface area contributed by atoms with Crippen molar-refractivity contribution in [2.75, 3.05) is 9.80 Å². The van der Waals surface area contributed by atoms with Crippen molar-refractivity contribution in [1.82, 2.24) is 4.90 Å². The number of allylic oxidation sites excluding steroid dienone is 9. The topological polar surface area (TPSA) is 9.72 Å². The van der Waals surface area contributed by atoms with Gasteiger partial charge in [0.25, 0.3) is 0 Å². The Hall–Kier alpha value is -5.02. The highest BCUT2D eigenvalue weighted by molar-refractivity contribution is 5.99. The highest BCUT2D eigenvalue weighted by Crippen LogP contribution is 2.69. The molecule has 3 heteroatoms. The van der Waals surface area contributed by atoms with E-state index in [4.69, 9.17) is 0 Å². The molecule has 0 aromatic heterocycles. The van der Waals surface area contributed by atoms with Gasteiger partial charge in [-0.15, -0.1) is 0 Å². The third kappa shape index (κ3) is 3.82. The van der Waals surface area contributed by atoms with Crippen molar-refractivity contribution >= 4 is 22.6 Å². The van der Waals surface area contributed by atoms with Crippen LogP contribution in [0.15, 0.2) is 175 Å². The Morgan fingerprint density at radius 3 is 2.27 bits per heavy atom. The first kappa shape index (κ1) is 27.0. The molecule has 8 aliphatic rings. The molecule has 3 fully saturated rings. The largest absolute Gasteiger partial charge is 0.335 e. The third-order valence-electron chi connectivity index (χ3n) is 12.2. The molecule has 7 aliphatic carbocycles. The van der Waals surface area contributed by atoms with Crippen LogP contribution in [-0.4, -0.2) is 16.0 Å². The fourth-order valence-corrected chi connectivity index (χ4v) is 9.62. The molecular formula is C45H39N3. The molecule has 0 bridgehead atoms. The molecule has 234 valence electrons. The highest BCUT2D eigenvalue weighted by atomic mass is 15.3. The van der Waals surface area contributed by atoms with Gasteiger partial charge in [0.15, 0.2) is 0 Å². The summed E-state index contributed by atoms with van der Waals surface area (Å²) in [7, 11) is 0. The van der Waals surface area contributed by atoms with Crippen molar-refractivity contribution in [2.24, 2.45) is 23.7 Å². The monoisotopic (exact) mass is 621 g/mol. The summed E-state index contributed by atoms with van der Waals surface area (Å²) in [6.07, 6.45) is 33.0. The van der Waals surface area contributed by atoms with Crippen molar-refractivity contribution in [1.29, 1.82) is 0 Å². The quantitative estimate of drug-likeness (QED) is 0.260. The first-order chi connectivity index (χ1) is 23.7. The number of anilines is 3. The van der Waals surface area contributed by atoms with Crippen LogP contribution in [0.2, 0.25) is 0 Å². The summed E-state index contributed by atoms with van der Waals surface area (Å²) in [5, 5.41) is 0. The van der Waals surface area contributed by atoms with Gasteiger partial charge in [-0.3, -0.25) is 0 Å². The van der Waals surface area contributed by atoms with Gasteiger partial charge in [-0.1, -0.05) is 97.1 Å². The van der Waals surface area contributed by atoms with Crippen LogP contribution in [-0.2, 0) is 0 Å². The Kier molecular flexibility index (Phi) is 5.49. The van der Waals surface area contributed by atoms with E-state index in [0.29, 0.717) is 11.8 Å².